The van der Waals surface area contributed by atoms with Crippen LogP contribution in [0.15, 0.2) is 0 Å². The molecule has 0 radical (unpaired) electrons. The summed E-state index contributed by atoms with van der Waals surface area (Å²) < 4.78 is 0. The van der Waals surface area contributed by atoms with Crippen LogP contribution in [0.2, 0.25) is 0 Å². The fraction of sp³-hybridized carbons (Fsp3) is 0.875. The molecule has 0 aromatic heterocycles. The highest BCUT2D eigenvalue weighted by Gasteiger charge is 2.37. The molecule has 1 aliphatic heterocycles. The Kier molecular flexibility index (Phi) is 1.60. The third-order valence-corrected chi connectivity index (χ3v) is 2.71. The van der Waals surface area contributed by atoms with E-state index in [1.165, 1.54) is 12.8 Å². The largest absolute Gasteiger partial charge is 0.348 e. The zero-order valence-electron chi connectivity index (χ0n) is 6.65. The van der Waals surface area contributed by atoms with E-state index in [0.717, 1.165) is 19.4 Å². The molecule has 0 atom stereocenters. The number of rotatable bonds is 0. The number of piperazine rings is 1. The Hall–Kier alpha value is -0.570. The molecule has 1 saturated carbocycles. The molecule has 1 heterocycles. The fourth-order valence-corrected chi connectivity index (χ4v) is 2.15. The van der Waals surface area contributed by atoms with Gasteiger partial charge < -0.3 is 10.6 Å². The Bertz CT molecular complexity index is 173. The lowest BCUT2D eigenvalue weighted by Gasteiger charge is -2.34. The maximum absolute atomic E-state index is 11.1. The van der Waals surface area contributed by atoms with Gasteiger partial charge in [0.1, 0.15) is 0 Å². The average molecular weight is 154 g/mol. The van der Waals surface area contributed by atoms with Crippen molar-refractivity contribution < 1.29 is 4.79 Å². The highest BCUT2D eigenvalue weighted by atomic mass is 16.2. The van der Waals surface area contributed by atoms with Gasteiger partial charge in [-0.05, 0) is 12.8 Å². The molecule has 2 N–H and O–H groups in total. The van der Waals surface area contributed by atoms with E-state index in [0.29, 0.717) is 6.54 Å². The molecule has 62 valence electrons. The normalized spacial score (nSPS) is 28.9. The predicted molar refractivity (Wildman–Crippen MR) is 42.2 cm³/mol. The van der Waals surface area contributed by atoms with Crippen LogP contribution in [0.4, 0.5) is 0 Å². The first-order valence-corrected chi connectivity index (χ1v) is 4.33. The summed E-state index contributed by atoms with van der Waals surface area (Å²) in [4.78, 5) is 11.1. The van der Waals surface area contributed by atoms with Crippen LogP contribution in [0.3, 0.4) is 0 Å². The summed E-state index contributed by atoms with van der Waals surface area (Å²) in [6, 6.07) is 0. The molecule has 3 heteroatoms. The van der Waals surface area contributed by atoms with Crippen LogP contribution in [0.5, 0.6) is 0 Å². The fourth-order valence-electron chi connectivity index (χ4n) is 2.15. The Morgan fingerprint density at radius 2 is 2.00 bits per heavy atom. The second kappa shape index (κ2) is 2.48. The minimum absolute atomic E-state index is 0.134. The van der Waals surface area contributed by atoms with Gasteiger partial charge in [0.25, 0.3) is 0 Å². The molecule has 1 saturated heterocycles. The van der Waals surface area contributed by atoms with Crippen LogP contribution in [0.25, 0.3) is 0 Å². The monoisotopic (exact) mass is 154 g/mol. The van der Waals surface area contributed by atoms with Crippen molar-refractivity contribution >= 4 is 5.91 Å². The zero-order chi connectivity index (χ0) is 7.73. The second-order valence-corrected chi connectivity index (χ2v) is 3.64. The van der Waals surface area contributed by atoms with E-state index in [2.05, 4.69) is 10.6 Å². The third-order valence-electron chi connectivity index (χ3n) is 2.71. The summed E-state index contributed by atoms with van der Waals surface area (Å²) in [5.74, 6) is 0.165. The molecule has 0 unspecified atom stereocenters. The molecule has 0 aromatic carbocycles. The van der Waals surface area contributed by atoms with Crippen LogP contribution in [0.1, 0.15) is 25.7 Å². The quantitative estimate of drug-likeness (QED) is 0.516. The maximum Gasteiger partial charge on any atom is 0.234 e. The summed E-state index contributed by atoms with van der Waals surface area (Å²) in [7, 11) is 0. The van der Waals surface area contributed by atoms with Gasteiger partial charge in [-0.25, -0.2) is 0 Å². The number of nitrogens with one attached hydrogen (secondary N) is 2. The lowest BCUT2D eigenvalue weighted by atomic mass is 9.96. The summed E-state index contributed by atoms with van der Waals surface area (Å²) in [5, 5.41) is 6.25. The molecule has 1 spiro atoms. The molecule has 11 heavy (non-hydrogen) atoms. The molecule has 1 amide bonds. The third kappa shape index (κ3) is 1.25. The number of carbonyl (C=O) groups is 1. The topological polar surface area (TPSA) is 41.1 Å². The van der Waals surface area contributed by atoms with Gasteiger partial charge in [0.2, 0.25) is 5.91 Å². The van der Waals surface area contributed by atoms with Crippen LogP contribution >= 0.6 is 0 Å². The van der Waals surface area contributed by atoms with Crippen molar-refractivity contribution in [3.05, 3.63) is 0 Å². The van der Waals surface area contributed by atoms with E-state index in [4.69, 9.17) is 0 Å². The molecule has 0 bridgehead atoms. The van der Waals surface area contributed by atoms with Gasteiger partial charge in [-0.2, -0.15) is 0 Å². The van der Waals surface area contributed by atoms with E-state index >= 15 is 0 Å². The SMILES string of the molecule is O=C1CNCC2(CCCC2)N1. The van der Waals surface area contributed by atoms with Crippen molar-refractivity contribution in [2.24, 2.45) is 0 Å². The standard InChI is InChI=1S/C8H14N2O/c11-7-5-9-6-8(10-7)3-1-2-4-8/h9H,1-6H2,(H,10,11). The minimum Gasteiger partial charge on any atom is -0.348 e. The van der Waals surface area contributed by atoms with Crippen LogP contribution in [0, 0.1) is 0 Å². The van der Waals surface area contributed by atoms with Crippen molar-refractivity contribution in [2.45, 2.75) is 31.2 Å². The maximum atomic E-state index is 11.1. The highest BCUT2D eigenvalue weighted by molar-refractivity contribution is 5.79. The molecule has 2 rings (SSSR count). The van der Waals surface area contributed by atoms with E-state index < -0.39 is 0 Å². The number of hydrogen-bond acceptors (Lipinski definition) is 2. The first-order chi connectivity index (χ1) is 5.31. The van der Waals surface area contributed by atoms with Gasteiger partial charge in [0.05, 0.1) is 12.1 Å². The summed E-state index contributed by atoms with van der Waals surface area (Å²) >= 11 is 0. The van der Waals surface area contributed by atoms with Crippen LogP contribution in [-0.2, 0) is 4.79 Å². The minimum atomic E-state index is 0.134. The van der Waals surface area contributed by atoms with Gasteiger partial charge >= 0.3 is 0 Å². The van der Waals surface area contributed by atoms with E-state index in [9.17, 15) is 4.79 Å². The predicted octanol–water partition coefficient (Wildman–Crippen LogP) is 0.0186. The highest BCUT2D eigenvalue weighted by Crippen LogP contribution is 2.29. The van der Waals surface area contributed by atoms with Crippen molar-refractivity contribution in [3.63, 3.8) is 0 Å². The van der Waals surface area contributed by atoms with Crippen molar-refractivity contribution in [3.8, 4) is 0 Å². The molecular weight excluding hydrogens is 140 g/mol. The molecule has 1 aliphatic carbocycles. The molecule has 2 aliphatic rings. The van der Waals surface area contributed by atoms with Gasteiger partial charge in [0, 0.05) is 6.54 Å². The van der Waals surface area contributed by atoms with E-state index in [-0.39, 0.29) is 11.4 Å². The average Bonchev–Trinajstić information content (AvgIpc) is 2.37. The zero-order valence-corrected chi connectivity index (χ0v) is 6.65. The number of amides is 1. The van der Waals surface area contributed by atoms with E-state index in [1.807, 2.05) is 0 Å². The lowest BCUT2D eigenvalue weighted by Crippen LogP contribution is -2.60. The van der Waals surface area contributed by atoms with Crippen molar-refractivity contribution in [1.29, 1.82) is 0 Å². The van der Waals surface area contributed by atoms with Crippen molar-refractivity contribution in [2.75, 3.05) is 13.1 Å². The molecule has 2 fully saturated rings. The Balaban J connectivity index is 2.05. The Morgan fingerprint density at radius 3 is 2.64 bits per heavy atom. The van der Waals surface area contributed by atoms with Crippen LogP contribution < -0.4 is 10.6 Å². The van der Waals surface area contributed by atoms with Gasteiger partial charge in [-0.1, -0.05) is 12.8 Å². The Labute approximate surface area is 66.5 Å². The van der Waals surface area contributed by atoms with Gasteiger partial charge in [0.15, 0.2) is 0 Å². The first kappa shape index (κ1) is 7.10. The van der Waals surface area contributed by atoms with Crippen molar-refractivity contribution in [1.82, 2.24) is 10.6 Å². The molecular formula is C8H14N2O. The number of hydrogen-bond donors (Lipinski definition) is 2. The van der Waals surface area contributed by atoms with Gasteiger partial charge in [-0.3, -0.25) is 4.79 Å². The first-order valence-electron chi connectivity index (χ1n) is 4.33. The smallest absolute Gasteiger partial charge is 0.234 e. The van der Waals surface area contributed by atoms with Gasteiger partial charge in [-0.15, -0.1) is 0 Å². The lowest BCUT2D eigenvalue weighted by molar-refractivity contribution is -0.123. The molecule has 3 nitrogen and oxygen atoms in total. The second-order valence-electron chi connectivity index (χ2n) is 3.64. The summed E-state index contributed by atoms with van der Waals surface area (Å²) in [5.41, 5.74) is 0.134. The van der Waals surface area contributed by atoms with E-state index in [1.54, 1.807) is 0 Å². The van der Waals surface area contributed by atoms with Crippen LogP contribution in [-0.4, -0.2) is 24.5 Å². The summed E-state index contributed by atoms with van der Waals surface area (Å²) in [6.45, 7) is 1.47. The molecule has 0 aromatic rings. The number of carbonyl (C=O) groups excluding carboxylic acids is 1. The Morgan fingerprint density at radius 1 is 1.27 bits per heavy atom. The summed E-state index contributed by atoms with van der Waals surface area (Å²) in [6.07, 6.45) is 4.85.